The lowest BCUT2D eigenvalue weighted by atomic mass is 9.92. The summed E-state index contributed by atoms with van der Waals surface area (Å²) >= 11 is 0. The number of aliphatic hydroxyl groups excluding tert-OH is 1. The third-order valence-electron chi connectivity index (χ3n) is 2.95. The molecule has 0 amide bonds. The summed E-state index contributed by atoms with van der Waals surface area (Å²) in [5.41, 5.74) is 1.18. The summed E-state index contributed by atoms with van der Waals surface area (Å²) in [7, 11) is 0. The zero-order valence-electron chi connectivity index (χ0n) is 8.37. The van der Waals surface area contributed by atoms with Gasteiger partial charge in [0.2, 0.25) is 0 Å². The minimum absolute atomic E-state index is 0.154. The first-order valence-electron chi connectivity index (χ1n) is 5.40. The zero-order valence-corrected chi connectivity index (χ0v) is 8.37. The Morgan fingerprint density at radius 2 is 2.29 bits per heavy atom. The number of hydrogen-bond donors (Lipinski definition) is 3. The van der Waals surface area contributed by atoms with Crippen molar-refractivity contribution in [1.82, 2.24) is 10.3 Å². The van der Waals surface area contributed by atoms with Gasteiger partial charge in [0.1, 0.15) is 0 Å². The molecule has 1 heterocycles. The van der Waals surface area contributed by atoms with Gasteiger partial charge < -0.3 is 15.4 Å². The number of aromatic amines is 1. The lowest BCUT2D eigenvalue weighted by Gasteiger charge is -2.28. The second-order valence-corrected chi connectivity index (χ2v) is 4.03. The molecule has 1 aromatic heterocycles. The van der Waals surface area contributed by atoms with Crippen molar-refractivity contribution in [3.63, 3.8) is 0 Å². The van der Waals surface area contributed by atoms with E-state index in [-0.39, 0.29) is 12.1 Å². The first kappa shape index (κ1) is 9.74. The van der Waals surface area contributed by atoms with Gasteiger partial charge in [0, 0.05) is 24.5 Å². The van der Waals surface area contributed by atoms with Crippen LogP contribution in [-0.4, -0.2) is 22.2 Å². The van der Waals surface area contributed by atoms with Crippen LogP contribution < -0.4 is 5.32 Å². The molecule has 3 nitrogen and oxygen atoms in total. The Kier molecular flexibility index (Phi) is 3.22. The van der Waals surface area contributed by atoms with Crippen LogP contribution in [-0.2, 0) is 6.54 Å². The molecule has 1 aliphatic carbocycles. The van der Waals surface area contributed by atoms with E-state index in [0.29, 0.717) is 0 Å². The van der Waals surface area contributed by atoms with E-state index < -0.39 is 0 Å². The van der Waals surface area contributed by atoms with Gasteiger partial charge in [-0.05, 0) is 25.0 Å². The topological polar surface area (TPSA) is 48.0 Å². The Morgan fingerprint density at radius 3 is 3.00 bits per heavy atom. The summed E-state index contributed by atoms with van der Waals surface area (Å²) in [6.45, 7) is 0.828. The highest BCUT2D eigenvalue weighted by molar-refractivity contribution is 5.03. The highest BCUT2D eigenvalue weighted by Gasteiger charge is 2.21. The summed E-state index contributed by atoms with van der Waals surface area (Å²) < 4.78 is 0. The van der Waals surface area contributed by atoms with Crippen LogP contribution in [0.2, 0.25) is 0 Å². The maximum atomic E-state index is 9.72. The van der Waals surface area contributed by atoms with Crippen LogP contribution >= 0.6 is 0 Å². The summed E-state index contributed by atoms with van der Waals surface area (Å²) in [5.74, 6) is 0. The van der Waals surface area contributed by atoms with Crippen LogP contribution in [0.4, 0.5) is 0 Å². The number of aliphatic hydroxyl groups is 1. The van der Waals surface area contributed by atoms with Gasteiger partial charge in [-0.15, -0.1) is 0 Å². The quantitative estimate of drug-likeness (QED) is 0.681. The van der Waals surface area contributed by atoms with E-state index in [1.807, 2.05) is 12.3 Å². The molecule has 3 N–H and O–H groups in total. The Labute approximate surface area is 84.5 Å². The van der Waals surface area contributed by atoms with Gasteiger partial charge in [-0.25, -0.2) is 0 Å². The molecule has 3 heteroatoms. The average molecular weight is 194 g/mol. The molecule has 0 radical (unpaired) electrons. The SMILES string of the molecule is OC1CCCCC1NCc1ccc[nH]1. The molecule has 1 saturated carbocycles. The molecular formula is C11H18N2O. The van der Waals surface area contributed by atoms with Crippen LogP contribution in [0.3, 0.4) is 0 Å². The number of nitrogens with one attached hydrogen (secondary N) is 2. The predicted molar refractivity (Wildman–Crippen MR) is 55.9 cm³/mol. The minimum Gasteiger partial charge on any atom is -0.392 e. The van der Waals surface area contributed by atoms with E-state index >= 15 is 0 Å². The van der Waals surface area contributed by atoms with E-state index in [1.54, 1.807) is 0 Å². The van der Waals surface area contributed by atoms with Crippen molar-refractivity contribution in [2.75, 3.05) is 0 Å². The van der Waals surface area contributed by atoms with Crippen molar-refractivity contribution >= 4 is 0 Å². The molecule has 14 heavy (non-hydrogen) atoms. The fourth-order valence-electron chi connectivity index (χ4n) is 2.07. The van der Waals surface area contributed by atoms with Crippen molar-refractivity contribution < 1.29 is 5.11 Å². The van der Waals surface area contributed by atoms with Gasteiger partial charge in [-0.3, -0.25) is 0 Å². The van der Waals surface area contributed by atoms with E-state index in [0.717, 1.165) is 19.4 Å². The average Bonchev–Trinajstić information content (AvgIpc) is 2.69. The van der Waals surface area contributed by atoms with Gasteiger partial charge in [0.25, 0.3) is 0 Å². The summed E-state index contributed by atoms with van der Waals surface area (Å²) in [4.78, 5) is 3.15. The second-order valence-electron chi connectivity index (χ2n) is 4.03. The van der Waals surface area contributed by atoms with Crippen molar-refractivity contribution in [3.05, 3.63) is 24.0 Å². The van der Waals surface area contributed by atoms with Crippen LogP contribution in [0, 0.1) is 0 Å². The Hall–Kier alpha value is -0.800. The lowest BCUT2D eigenvalue weighted by Crippen LogP contribution is -2.41. The molecule has 2 atom stereocenters. The summed E-state index contributed by atoms with van der Waals surface area (Å²) in [6.07, 6.45) is 6.22. The highest BCUT2D eigenvalue weighted by Crippen LogP contribution is 2.18. The Balaban J connectivity index is 1.79. The van der Waals surface area contributed by atoms with Crippen LogP contribution in [0.5, 0.6) is 0 Å². The van der Waals surface area contributed by atoms with E-state index in [9.17, 15) is 5.11 Å². The molecule has 1 aromatic rings. The standard InChI is InChI=1S/C11H18N2O/c14-11-6-2-1-5-10(11)13-8-9-4-3-7-12-9/h3-4,7,10-14H,1-2,5-6,8H2. The van der Waals surface area contributed by atoms with Gasteiger partial charge >= 0.3 is 0 Å². The molecule has 0 aromatic carbocycles. The van der Waals surface area contributed by atoms with Crippen LogP contribution in [0.15, 0.2) is 18.3 Å². The molecule has 0 spiro atoms. The Morgan fingerprint density at radius 1 is 1.43 bits per heavy atom. The number of aromatic nitrogens is 1. The largest absolute Gasteiger partial charge is 0.392 e. The van der Waals surface area contributed by atoms with E-state index in [4.69, 9.17) is 0 Å². The first-order valence-corrected chi connectivity index (χ1v) is 5.40. The number of rotatable bonds is 3. The monoisotopic (exact) mass is 194 g/mol. The number of H-pyrrole nitrogens is 1. The molecule has 2 rings (SSSR count). The lowest BCUT2D eigenvalue weighted by molar-refractivity contribution is 0.0901. The van der Waals surface area contributed by atoms with Crippen molar-refractivity contribution in [3.8, 4) is 0 Å². The molecule has 1 fully saturated rings. The molecule has 0 aliphatic heterocycles. The second kappa shape index (κ2) is 4.62. The van der Waals surface area contributed by atoms with Gasteiger partial charge in [-0.2, -0.15) is 0 Å². The third kappa shape index (κ3) is 2.36. The predicted octanol–water partition coefficient (Wildman–Crippen LogP) is 1.41. The fourth-order valence-corrected chi connectivity index (χ4v) is 2.07. The fraction of sp³-hybridized carbons (Fsp3) is 0.636. The smallest absolute Gasteiger partial charge is 0.0693 e. The minimum atomic E-state index is -0.154. The highest BCUT2D eigenvalue weighted by atomic mass is 16.3. The third-order valence-corrected chi connectivity index (χ3v) is 2.95. The molecular weight excluding hydrogens is 176 g/mol. The summed E-state index contributed by atoms with van der Waals surface area (Å²) in [5, 5.41) is 13.1. The summed E-state index contributed by atoms with van der Waals surface area (Å²) in [6, 6.07) is 4.34. The van der Waals surface area contributed by atoms with Gasteiger partial charge in [0.15, 0.2) is 0 Å². The molecule has 0 bridgehead atoms. The normalized spacial score (nSPS) is 27.8. The molecule has 2 unspecified atom stereocenters. The van der Waals surface area contributed by atoms with Crippen LogP contribution in [0.1, 0.15) is 31.4 Å². The first-order chi connectivity index (χ1) is 6.86. The zero-order chi connectivity index (χ0) is 9.80. The molecule has 1 aliphatic rings. The Bertz CT molecular complexity index is 258. The van der Waals surface area contributed by atoms with E-state index in [1.165, 1.54) is 18.5 Å². The van der Waals surface area contributed by atoms with Crippen molar-refractivity contribution in [2.24, 2.45) is 0 Å². The maximum Gasteiger partial charge on any atom is 0.0693 e. The number of hydrogen-bond acceptors (Lipinski definition) is 2. The van der Waals surface area contributed by atoms with Gasteiger partial charge in [-0.1, -0.05) is 12.8 Å². The van der Waals surface area contributed by atoms with Crippen LogP contribution in [0.25, 0.3) is 0 Å². The van der Waals surface area contributed by atoms with E-state index in [2.05, 4.69) is 16.4 Å². The van der Waals surface area contributed by atoms with Crippen molar-refractivity contribution in [2.45, 2.75) is 44.4 Å². The molecule has 78 valence electrons. The van der Waals surface area contributed by atoms with Gasteiger partial charge in [0.05, 0.1) is 6.10 Å². The molecule has 0 saturated heterocycles. The van der Waals surface area contributed by atoms with Crippen molar-refractivity contribution in [1.29, 1.82) is 0 Å². The maximum absolute atomic E-state index is 9.72.